The predicted octanol–water partition coefficient (Wildman–Crippen LogP) is 11.2. The number of nitrogens with zero attached hydrogens (tertiary/aromatic N) is 2. The van der Waals surface area contributed by atoms with E-state index in [-0.39, 0.29) is 12.1 Å². The summed E-state index contributed by atoms with van der Waals surface area (Å²) in [5, 5.41) is 12.8. The van der Waals surface area contributed by atoms with Gasteiger partial charge in [-0.05, 0) is 150 Å². The van der Waals surface area contributed by atoms with Gasteiger partial charge in [-0.25, -0.2) is 9.59 Å². The molecule has 0 aromatic heterocycles. The van der Waals surface area contributed by atoms with Gasteiger partial charge in [0.15, 0.2) is 0 Å². The maximum Gasteiger partial charge on any atom is 0.315 e. The van der Waals surface area contributed by atoms with Crippen molar-refractivity contribution in [1.82, 2.24) is 31.1 Å². The number of urea groups is 2. The number of unbranched alkanes of at least 4 members (excludes halogenated alkanes) is 9. The van der Waals surface area contributed by atoms with E-state index in [0.29, 0.717) is 36.3 Å². The molecule has 0 spiro atoms. The Bertz CT molecular complexity index is 1420. The van der Waals surface area contributed by atoms with Crippen LogP contribution < -0.4 is 21.3 Å². The molecule has 4 heterocycles. The van der Waals surface area contributed by atoms with Crippen molar-refractivity contribution in [2.45, 2.75) is 190 Å². The van der Waals surface area contributed by atoms with E-state index in [1.165, 1.54) is 129 Å². The molecule has 8 rings (SSSR count). The van der Waals surface area contributed by atoms with Crippen molar-refractivity contribution < 1.29 is 9.59 Å². The standard InChI is InChI=1S/C50H76N6O2/c57-49(53-39-23-19-37(20-24-39)31-35-55-45-27-28-46(55)42-16-10-9-15-41(42)45)51-33-13-7-5-3-1-2-4-6-8-14-34-52-50(58)54-40-25-21-38(22-26-40)32-36-56-47-29-30-48(56)44-18-12-11-17-43(44)47/h9-12,15-18,37-40,45-48H,1-8,13-14,19-36H2,(H2,51,53,57)(H2,52,54,58)/t37?,38?,39?,40?,45-,46+,47-,48+. The molecule has 8 heteroatoms. The second-order valence-electron chi connectivity index (χ2n) is 19.3. The van der Waals surface area contributed by atoms with Crippen molar-refractivity contribution in [3.8, 4) is 0 Å². The lowest BCUT2D eigenvalue weighted by Crippen LogP contribution is -2.44. The molecule has 0 radical (unpaired) electrons. The average molecular weight is 793 g/mol. The summed E-state index contributed by atoms with van der Waals surface area (Å²) >= 11 is 0. The molecule has 58 heavy (non-hydrogen) atoms. The Morgan fingerprint density at radius 3 is 1.07 bits per heavy atom. The van der Waals surface area contributed by atoms with Gasteiger partial charge in [-0.3, -0.25) is 9.80 Å². The van der Waals surface area contributed by atoms with E-state index >= 15 is 0 Å². The van der Waals surface area contributed by atoms with Gasteiger partial charge >= 0.3 is 12.1 Å². The number of carbonyl (C=O) groups is 2. The predicted molar refractivity (Wildman–Crippen MR) is 236 cm³/mol. The molecule has 4 atom stereocenters. The maximum absolute atomic E-state index is 12.5. The van der Waals surface area contributed by atoms with E-state index < -0.39 is 0 Å². The summed E-state index contributed by atoms with van der Waals surface area (Å²) in [4.78, 5) is 30.7. The van der Waals surface area contributed by atoms with Crippen LogP contribution in [0.3, 0.4) is 0 Å². The molecular formula is C50H76N6O2. The molecule has 4 aliphatic heterocycles. The summed E-state index contributed by atoms with van der Waals surface area (Å²) in [7, 11) is 0. The number of hydrogen-bond acceptors (Lipinski definition) is 4. The number of benzene rings is 2. The maximum atomic E-state index is 12.5. The monoisotopic (exact) mass is 793 g/mol. The van der Waals surface area contributed by atoms with E-state index in [9.17, 15) is 9.59 Å². The third-order valence-corrected chi connectivity index (χ3v) is 15.6. The second kappa shape index (κ2) is 20.9. The molecule has 4 bridgehead atoms. The van der Waals surface area contributed by atoms with Crippen molar-refractivity contribution in [1.29, 1.82) is 0 Å². The molecule has 2 saturated carbocycles. The average Bonchev–Trinajstić information content (AvgIpc) is 4.02. The van der Waals surface area contributed by atoms with Crippen LogP contribution >= 0.6 is 0 Å². The van der Waals surface area contributed by atoms with Gasteiger partial charge in [0.2, 0.25) is 0 Å². The smallest absolute Gasteiger partial charge is 0.315 e. The fourth-order valence-corrected chi connectivity index (χ4v) is 12.3. The van der Waals surface area contributed by atoms with Crippen LogP contribution in [0.25, 0.3) is 0 Å². The van der Waals surface area contributed by atoms with Gasteiger partial charge in [0, 0.05) is 49.3 Å². The highest BCUT2D eigenvalue weighted by atomic mass is 16.2. The SMILES string of the molecule is O=C(NCCCCCCCCCCCCNC(=O)NC1CCC(CCN2[C@@H]3CC[C@H]2c2ccccc23)CC1)NC1CCC(CCN2[C@@H]3CC[C@H]2c2ccccc23)CC1. The number of fused-ring (bicyclic) bond motifs is 10. The summed E-state index contributed by atoms with van der Waals surface area (Å²) in [5.41, 5.74) is 6.36. The fourth-order valence-electron chi connectivity index (χ4n) is 12.3. The molecule has 0 unspecified atom stereocenters. The van der Waals surface area contributed by atoms with Crippen molar-refractivity contribution >= 4 is 12.1 Å². The molecule has 2 aliphatic carbocycles. The van der Waals surface area contributed by atoms with E-state index in [1.807, 2.05) is 0 Å². The van der Waals surface area contributed by atoms with E-state index in [2.05, 4.69) is 79.6 Å². The molecule has 2 aromatic carbocycles. The zero-order valence-electron chi connectivity index (χ0n) is 35.7. The molecule has 6 aliphatic rings. The topological polar surface area (TPSA) is 88.7 Å². The van der Waals surface area contributed by atoms with Crippen molar-refractivity contribution in [2.24, 2.45) is 11.8 Å². The minimum absolute atomic E-state index is 0.0326. The zero-order chi connectivity index (χ0) is 39.5. The lowest BCUT2D eigenvalue weighted by atomic mass is 9.84. The summed E-state index contributed by atoms with van der Waals surface area (Å²) in [6.07, 6.45) is 29.6. The molecule has 4 fully saturated rings. The highest BCUT2D eigenvalue weighted by molar-refractivity contribution is 5.74. The first-order valence-electron chi connectivity index (χ1n) is 24.4. The number of amides is 4. The number of nitrogens with one attached hydrogen (secondary N) is 4. The van der Waals surface area contributed by atoms with Crippen LogP contribution in [0, 0.1) is 11.8 Å². The number of hydrogen-bond donors (Lipinski definition) is 4. The third kappa shape index (κ3) is 10.6. The van der Waals surface area contributed by atoms with Gasteiger partial charge in [0.25, 0.3) is 0 Å². The summed E-state index contributed by atoms with van der Waals surface area (Å²) in [6.45, 7) is 4.02. The Balaban J connectivity index is 0.555. The Morgan fingerprint density at radius 2 is 0.741 bits per heavy atom. The van der Waals surface area contributed by atoms with Crippen LogP contribution in [0.5, 0.6) is 0 Å². The van der Waals surface area contributed by atoms with Crippen LogP contribution in [-0.2, 0) is 0 Å². The van der Waals surface area contributed by atoms with E-state index in [1.54, 1.807) is 22.3 Å². The Labute approximate surface area is 350 Å². The highest BCUT2D eigenvalue weighted by Gasteiger charge is 2.44. The summed E-state index contributed by atoms with van der Waals surface area (Å²) in [5.74, 6) is 1.61. The first-order chi connectivity index (χ1) is 28.6. The van der Waals surface area contributed by atoms with Gasteiger partial charge in [-0.15, -0.1) is 0 Å². The normalized spacial score (nSPS) is 28.6. The largest absolute Gasteiger partial charge is 0.338 e. The van der Waals surface area contributed by atoms with Gasteiger partial charge in [-0.2, -0.15) is 0 Å². The lowest BCUT2D eigenvalue weighted by molar-refractivity contribution is 0.185. The Kier molecular flexibility index (Phi) is 15.0. The van der Waals surface area contributed by atoms with Crippen molar-refractivity contribution in [2.75, 3.05) is 26.2 Å². The van der Waals surface area contributed by atoms with Gasteiger partial charge in [0.1, 0.15) is 0 Å². The third-order valence-electron chi connectivity index (χ3n) is 15.6. The number of carbonyl (C=O) groups excluding carboxylic acids is 2. The van der Waals surface area contributed by atoms with Crippen LogP contribution in [0.1, 0.15) is 201 Å². The van der Waals surface area contributed by atoms with E-state index in [0.717, 1.165) is 63.5 Å². The Hall–Kier alpha value is -3.10. The molecule has 2 saturated heterocycles. The zero-order valence-corrected chi connectivity index (χ0v) is 35.7. The number of rotatable bonds is 21. The lowest BCUT2D eigenvalue weighted by Gasteiger charge is -2.31. The second-order valence-corrected chi connectivity index (χ2v) is 19.3. The first kappa shape index (κ1) is 41.6. The molecular weight excluding hydrogens is 717 g/mol. The molecule has 4 N–H and O–H groups in total. The van der Waals surface area contributed by atoms with Gasteiger partial charge in [0.05, 0.1) is 0 Å². The van der Waals surface area contributed by atoms with Gasteiger partial charge < -0.3 is 21.3 Å². The molecule has 318 valence electrons. The van der Waals surface area contributed by atoms with Crippen molar-refractivity contribution in [3.05, 3.63) is 70.8 Å². The molecule has 2 aromatic rings. The minimum atomic E-state index is 0.0326. The quantitative estimate of drug-likeness (QED) is 0.0948. The summed E-state index contributed by atoms with van der Waals surface area (Å²) < 4.78 is 0. The Morgan fingerprint density at radius 1 is 0.431 bits per heavy atom. The van der Waals surface area contributed by atoms with E-state index in [4.69, 9.17) is 0 Å². The van der Waals surface area contributed by atoms with Crippen LogP contribution in [0.4, 0.5) is 9.59 Å². The van der Waals surface area contributed by atoms with Crippen LogP contribution in [0.2, 0.25) is 0 Å². The van der Waals surface area contributed by atoms with Crippen LogP contribution in [0.15, 0.2) is 48.5 Å². The fraction of sp³-hybridized carbons (Fsp3) is 0.720. The highest BCUT2D eigenvalue weighted by Crippen LogP contribution is 2.54. The van der Waals surface area contributed by atoms with Crippen molar-refractivity contribution in [3.63, 3.8) is 0 Å². The molecule has 4 amide bonds. The molecule has 8 nitrogen and oxygen atoms in total. The minimum Gasteiger partial charge on any atom is -0.338 e. The first-order valence-corrected chi connectivity index (χ1v) is 24.4. The summed E-state index contributed by atoms with van der Waals surface area (Å²) in [6, 6.07) is 21.6. The van der Waals surface area contributed by atoms with Gasteiger partial charge in [-0.1, -0.05) is 99.9 Å². The van der Waals surface area contributed by atoms with Crippen LogP contribution in [-0.4, -0.2) is 60.1 Å².